The molecule has 138 valence electrons. The van der Waals surface area contributed by atoms with Crippen molar-refractivity contribution in [3.63, 3.8) is 0 Å². The van der Waals surface area contributed by atoms with Crippen molar-refractivity contribution in [2.24, 2.45) is 0 Å². The van der Waals surface area contributed by atoms with Crippen molar-refractivity contribution in [3.05, 3.63) is 47.0 Å². The van der Waals surface area contributed by atoms with E-state index in [1.807, 2.05) is 19.9 Å². The second kappa shape index (κ2) is 7.22. The van der Waals surface area contributed by atoms with Crippen molar-refractivity contribution in [2.75, 3.05) is 31.1 Å². The van der Waals surface area contributed by atoms with E-state index in [9.17, 15) is 13.2 Å². The zero-order chi connectivity index (χ0) is 18.9. The lowest BCUT2D eigenvalue weighted by Gasteiger charge is -2.43. The minimum atomic E-state index is -3.16. The van der Waals surface area contributed by atoms with Crippen molar-refractivity contribution in [2.45, 2.75) is 25.9 Å². The fourth-order valence-corrected chi connectivity index (χ4v) is 5.67. The van der Waals surface area contributed by atoms with Gasteiger partial charge in [0.15, 0.2) is 9.84 Å². The highest BCUT2D eigenvalue weighted by Gasteiger charge is 2.47. The minimum Gasteiger partial charge on any atom is -0.332 e. The van der Waals surface area contributed by atoms with Gasteiger partial charge in [-0.1, -0.05) is 11.6 Å². The minimum absolute atomic E-state index is 0.0189. The Morgan fingerprint density at radius 1 is 1.19 bits per heavy atom. The number of carbonyl (C=O) groups is 1. The number of piperazine rings is 1. The van der Waals surface area contributed by atoms with Crippen molar-refractivity contribution >= 4 is 15.7 Å². The summed E-state index contributed by atoms with van der Waals surface area (Å²) in [5, 5.41) is 8.89. The Bertz CT molecular complexity index is 864. The van der Waals surface area contributed by atoms with Crippen LogP contribution in [0.25, 0.3) is 0 Å². The number of nitriles is 1. The van der Waals surface area contributed by atoms with Gasteiger partial charge < -0.3 is 4.90 Å². The molecule has 26 heavy (non-hydrogen) atoms. The molecule has 6 nitrogen and oxygen atoms in total. The smallest absolute Gasteiger partial charge is 0.254 e. The summed E-state index contributed by atoms with van der Waals surface area (Å²) in [6.07, 6.45) is 2.10. The molecule has 7 heteroatoms. The van der Waals surface area contributed by atoms with Crippen molar-refractivity contribution in [1.29, 1.82) is 5.26 Å². The lowest BCUT2D eigenvalue weighted by molar-refractivity contribution is 0.0368. The standard InChI is InChI=1S/C19H23N3O3S/c1-14(2)7-8-21-9-10-22(18-13-26(24,25)12-17(18)21)19(23)16-5-3-15(11-20)4-6-16/h3-7,17-18H,8-10,12-13H2,1-2H3/t17-,18+/m1/s1. The van der Waals surface area contributed by atoms with Crippen LogP contribution in [0.5, 0.6) is 0 Å². The Balaban J connectivity index is 1.84. The molecule has 0 unspecified atom stereocenters. The average Bonchev–Trinajstić information content (AvgIpc) is 2.94. The molecule has 2 atom stereocenters. The lowest BCUT2D eigenvalue weighted by atomic mass is 10.0. The Hall–Kier alpha value is -2.17. The Morgan fingerprint density at radius 3 is 2.46 bits per heavy atom. The van der Waals surface area contributed by atoms with E-state index in [0.29, 0.717) is 30.8 Å². The summed E-state index contributed by atoms with van der Waals surface area (Å²) in [6.45, 7) is 5.91. The van der Waals surface area contributed by atoms with Gasteiger partial charge in [-0.3, -0.25) is 9.69 Å². The number of nitrogens with zero attached hydrogens (tertiary/aromatic N) is 3. The van der Waals surface area contributed by atoms with E-state index < -0.39 is 9.84 Å². The Kier molecular flexibility index (Phi) is 5.17. The zero-order valence-electron chi connectivity index (χ0n) is 15.1. The summed E-state index contributed by atoms with van der Waals surface area (Å²) >= 11 is 0. The molecule has 0 spiro atoms. The van der Waals surface area contributed by atoms with Crippen LogP contribution in [0.1, 0.15) is 29.8 Å². The van der Waals surface area contributed by atoms with E-state index in [0.717, 1.165) is 0 Å². The van der Waals surface area contributed by atoms with Gasteiger partial charge in [-0.15, -0.1) is 0 Å². The van der Waals surface area contributed by atoms with Crippen molar-refractivity contribution in [3.8, 4) is 6.07 Å². The van der Waals surface area contributed by atoms with Gasteiger partial charge in [0.1, 0.15) is 0 Å². The first-order valence-corrected chi connectivity index (χ1v) is 10.5. The summed E-state index contributed by atoms with van der Waals surface area (Å²) in [5.41, 5.74) is 2.18. The molecule has 0 aromatic heterocycles. The number of amides is 1. The molecular weight excluding hydrogens is 350 g/mol. The number of fused-ring (bicyclic) bond motifs is 1. The van der Waals surface area contributed by atoms with E-state index in [1.165, 1.54) is 5.57 Å². The summed E-state index contributed by atoms with van der Waals surface area (Å²) in [4.78, 5) is 16.8. The third-order valence-corrected chi connectivity index (χ3v) is 6.75. The Labute approximate surface area is 154 Å². The van der Waals surface area contributed by atoms with Gasteiger partial charge in [0.05, 0.1) is 29.2 Å². The first-order valence-electron chi connectivity index (χ1n) is 8.70. The van der Waals surface area contributed by atoms with E-state index in [4.69, 9.17) is 5.26 Å². The molecule has 2 heterocycles. The van der Waals surface area contributed by atoms with E-state index >= 15 is 0 Å². The predicted molar refractivity (Wildman–Crippen MR) is 99.4 cm³/mol. The highest BCUT2D eigenvalue weighted by molar-refractivity contribution is 7.91. The quantitative estimate of drug-likeness (QED) is 0.749. The van der Waals surface area contributed by atoms with Gasteiger partial charge in [-0.05, 0) is 38.1 Å². The number of hydrogen-bond donors (Lipinski definition) is 0. The van der Waals surface area contributed by atoms with Gasteiger partial charge in [-0.2, -0.15) is 5.26 Å². The van der Waals surface area contributed by atoms with Gasteiger partial charge >= 0.3 is 0 Å². The number of carbonyl (C=O) groups excluding carboxylic acids is 1. The molecular formula is C19H23N3O3S. The predicted octanol–water partition coefficient (Wildman–Crippen LogP) is 1.45. The van der Waals surface area contributed by atoms with Crippen LogP contribution >= 0.6 is 0 Å². The third-order valence-electron chi connectivity index (χ3n) is 5.05. The maximum absolute atomic E-state index is 12.9. The molecule has 2 aliphatic rings. The molecule has 3 rings (SSSR count). The summed E-state index contributed by atoms with van der Waals surface area (Å²) in [6, 6.07) is 8.05. The second-order valence-electron chi connectivity index (χ2n) is 7.18. The van der Waals surface area contributed by atoms with Crippen LogP contribution in [0, 0.1) is 11.3 Å². The normalized spacial score (nSPS) is 24.6. The molecule has 2 aliphatic heterocycles. The maximum atomic E-state index is 12.9. The molecule has 0 radical (unpaired) electrons. The van der Waals surface area contributed by atoms with Gasteiger partial charge in [0.2, 0.25) is 0 Å². The summed E-state index contributed by atoms with van der Waals surface area (Å²) in [7, 11) is -3.16. The molecule has 0 bridgehead atoms. The molecule has 1 aromatic rings. The van der Waals surface area contributed by atoms with Gasteiger partial charge in [-0.25, -0.2) is 8.42 Å². The zero-order valence-corrected chi connectivity index (χ0v) is 15.9. The molecule has 2 saturated heterocycles. The fraction of sp³-hybridized carbons (Fsp3) is 0.474. The van der Waals surface area contributed by atoms with Crippen LogP contribution < -0.4 is 0 Å². The highest BCUT2D eigenvalue weighted by Crippen LogP contribution is 2.28. The van der Waals surface area contributed by atoms with Crippen LogP contribution in [-0.2, 0) is 9.84 Å². The number of hydrogen-bond acceptors (Lipinski definition) is 5. The third kappa shape index (κ3) is 3.81. The van der Waals surface area contributed by atoms with E-state index in [2.05, 4.69) is 11.0 Å². The molecule has 1 amide bonds. The average molecular weight is 373 g/mol. The van der Waals surface area contributed by atoms with Crippen molar-refractivity contribution < 1.29 is 13.2 Å². The monoisotopic (exact) mass is 373 g/mol. The molecule has 2 fully saturated rings. The lowest BCUT2D eigenvalue weighted by Crippen LogP contribution is -2.60. The van der Waals surface area contributed by atoms with Crippen LogP contribution in [0.3, 0.4) is 0 Å². The van der Waals surface area contributed by atoms with Crippen LogP contribution in [0.2, 0.25) is 0 Å². The first-order chi connectivity index (χ1) is 12.3. The van der Waals surface area contributed by atoms with Gasteiger partial charge in [0, 0.05) is 31.2 Å². The van der Waals surface area contributed by atoms with Crippen molar-refractivity contribution in [1.82, 2.24) is 9.80 Å². The Morgan fingerprint density at radius 2 is 1.85 bits per heavy atom. The molecule has 1 aromatic carbocycles. The highest BCUT2D eigenvalue weighted by atomic mass is 32.2. The SMILES string of the molecule is CC(C)=CCN1CCN(C(=O)c2ccc(C#N)cc2)[C@H]2CS(=O)(=O)C[C@H]21. The molecule has 0 aliphatic carbocycles. The first kappa shape index (κ1) is 18.6. The number of rotatable bonds is 3. The second-order valence-corrected chi connectivity index (χ2v) is 9.33. The summed E-state index contributed by atoms with van der Waals surface area (Å²) in [5.74, 6) is -0.0420. The van der Waals surface area contributed by atoms with Crippen LogP contribution in [0.15, 0.2) is 35.9 Å². The largest absolute Gasteiger partial charge is 0.332 e. The van der Waals surface area contributed by atoms with Crippen LogP contribution in [-0.4, -0.2) is 67.3 Å². The maximum Gasteiger partial charge on any atom is 0.254 e. The summed E-state index contributed by atoms with van der Waals surface area (Å²) < 4.78 is 24.5. The van der Waals surface area contributed by atoms with Gasteiger partial charge in [0.25, 0.3) is 5.91 Å². The topological polar surface area (TPSA) is 81.5 Å². The van der Waals surface area contributed by atoms with E-state index in [-0.39, 0.29) is 29.5 Å². The number of benzene rings is 1. The number of sulfone groups is 1. The fourth-order valence-electron chi connectivity index (χ4n) is 3.66. The van der Waals surface area contributed by atoms with Crippen LogP contribution in [0.4, 0.5) is 0 Å². The molecule has 0 N–H and O–H groups in total. The number of allylic oxidation sites excluding steroid dienone is 1. The molecule has 0 saturated carbocycles. The van der Waals surface area contributed by atoms with E-state index in [1.54, 1.807) is 29.2 Å².